The molecule has 112 valence electrons. The normalized spacial score (nSPS) is 11.1. The average Bonchev–Trinajstić information content (AvgIpc) is 2.48. The molecule has 3 aromatic rings. The Morgan fingerprint density at radius 2 is 1.82 bits per heavy atom. The van der Waals surface area contributed by atoms with Crippen molar-refractivity contribution in [2.45, 2.75) is 6.54 Å². The monoisotopic (exact) mass is 295 g/mol. The number of fused-ring (bicyclic) bond motifs is 1. The highest BCUT2D eigenvalue weighted by Crippen LogP contribution is 2.25. The molecule has 1 heterocycles. The smallest absolute Gasteiger partial charge is 0.125 e. The zero-order valence-corrected chi connectivity index (χ0v) is 12.7. The van der Waals surface area contributed by atoms with Crippen LogP contribution in [-0.2, 0) is 6.54 Å². The largest absolute Gasteiger partial charge is 0.355 e. The van der Waals surface area contributed by atoms with Crippen molar-refractivity contribution < 1.29 is 4.39 Å². The van der Waals surface area contributed by atoms with Gasteiger partial charge in [0.25, 0.3) is 0 Å². The maximum atomic E-state index is 13.3. The minimum Gasteiger partial charge on any atom is -0.355 e. The molecule has 1 N–H and O–H groups in total. The van der Waals surface area contributed by atoms with Gasteiger partial charge in [0.2, 0.25) is 0 Å². The summed E-state index contributed by atoms with van der Waals surface area (Å²) in [5, 5.41) is 4.27. The van der Waals surface area contributed by atoms with Gasteiger partial charge in [-0.15, -0.1) is 0 Å². The zero-order chi connectivity index (χ0) is 15.5. The summed E-state index contributed by atoms with van der Waals surface area (Å²) >= 11 is 0. The molecule has 0 radical (unpaired) electrons. The first-order valence-electron chi connectivity index (χ1n) is 7.17. The summed E-state index contributed by atoms with van der Waals surface area (Å²) in [5.74, 6) is -0.273. The van der Waals surface area contributed by atoms with E-state index < -0.39 is 0 Å². The van der Waals surface area contributed by atoms with E-state index in [4.69, 9.17) is 0 Å². The minimum atomic E-state index is -0.273. The van der Waals surface area contributed by atoms with E-state index in [0.717, 1.165) is 23.3 Å². The van der Waals surface area contributed by atoms with Crippen LogP contribution in [0.1, 0.15) is 5.56 Å². The van der Waals surface area contributed by atoms with E-state index in [1.807, 2.05) is 20.2 Å². The molecule has 0 atom stereocenters. The molecular formula is C18H18FN3. The maximum Gasteiger partial charge on any atom is 0.125 e. The molecule has 0 aliphatic rings. The van der Waals surface area contributed by atoms with Crippen molar-refractivity contribution in [1.29, 1.82) is 0 Å². The standard InChI is InChI=1S/C18H18FN3/c1-22(2)12-13-3-6-15(7-4-13)21-17-9-10-20-18-11-14(19)5-8-16(17)18/h3-11H,12H2,1-2H3,(H,20,21). The molecule has 0 saturated carbocycles. The lowest BCUT2D eigenvalue weighted by Crippen LogP contribution is -2.10. The molecular weight excluding hydrogens is 277 g/mol. The summed E-state index contributed by atoms with van der Waals surface area (Å²) in [4.78, 5) is 6.34. The van der Waals surface area contributed by atoms with Crippen LogP contribution in [0.5, 0.6) is 0 Å². The summed E-state index contributed by atoms with van der Waals surface area (Å²) in [7, 11) is 4.10. The Morgan fingerprint density at radius 1 is 1.05 bits per heavy atom. The molecule has 0 fully saturated rings. The molecule has 0 bridgehead atoms. The lowest BCUT2D eigenvalue weighted by molar-refractivity contribution is 0.402. The number of aromatic nitrogens is 1. The molecule has 0 amide bonds. The van der Waals surface area contributed by atoms with Gasteiger partial charge in [-0.3, -0.25) is 4.98 Å². The van der Waals surface area contributed by atoms with Crippen LogP contribution < -0.4 is 5.32 Å². The lowest BCUT2D eigenvalue weighted by Gasteiger charge is -2.12. The van der Waals surface area contributed by atoms with Crippen LogP contribution in [0.25, 0.3) is 10.9 Å². The molecule has 1 aromatic heterocycles. The van der Waals surface area contributed by atoms with E-state index in [0.29, 0.717) is 5.52 Å². The lowest BCUT2D eigenvalue weighted by atomic mass is 10.1. The first-order valence-corrected chi connectivity index (χ1v) is 7.17. The van der Waals surface area contributed by atoms with E-state index in [1.165, 1.54) is 17.7 Å². The van der Waals surface area contributed by atoms with Crippen LogP contribution >= 0.6 is 0 Å². The van der Waals surface area contributed by atoms with Gasteiger partial charge in [0.15, 0.2) is 0 Å². The Balaban J connectivity index is 1.87. The van der Waals surface area contributed by atoms with E-state index >= 15 is 0 Å². The van der Waals surface area contributed by atoms with Gasteiger partial charge in [-0.2, -0.15) is 0 Å². The second kappa shape index (κ2) is 6.12. The van der Waals surface area contributed by atoms with Crippen LogP contribution in [0.15, 0.2) is 54.7 Å². The third-order valence-electron chi connectivity index (χ3n) is 3.44. The van der Waals surface area contributed by atoms with Crippen LogP contribution in [0.2, 0.25) is 0 Å². The Bertz CT molecular complexity index is 782. The Morgan fingerprint density at radius 3 is 2.55 bits per heavy atom. The summed E-state index contributed by atoms with van der Waals surface area (Å²) in [6.07, 6.45) is 1.69. The number of halogens is 1. The van der Waals surface area contributed by atoms with Gasteiger partial charge in [-0.05, 0) is 50.0 Å². The average molecular weight is 295 g/mol. The van der Waals surface area contributed by atoms with E-state index in [-0.39, 0.29) is 5.82 Å². The van der Waals surface area contributed by atoms with Crippen molar-refractivity contribution in [3.05, 3.63) is 66.1 Å². The molecule has 22 heavy (non-hydrogen) atoms. The molecule has 0 aliphatic carbocycles. The predicted octanol–water partition coefficient (Wildman–Crippen LogP) is 4.18. The Kier molecular flexibility index (Phi) is 4.02. The summed E-state index contributed by atoms with van der Waals surface area (Å²) in [5.41, 5.74) is 3.83. The molecule has 4 heteroatoms. The third kappa shape index (κ3) is 3.23. The van der Waals surface area contributed by atoms with Gasteiger partial charge in [0.05, 0.1) is 5.52 Å². The topological polar surface area (TPSA) is 28.2 Å². The summed E-state index contributed by atoms with van der Waals surface area (Å²) < 4.78 is 13.3. The number of nitrogens with zero attached hydrogens (tertiary/aromatic N) is 2. The summed E-state index contributed by atoms with van der Waals surface area (Å²) in [6.45, 7) is 0.914. The third-order valence-corrected chi connectivity index (χ3v) is 3.44. The minimum absolute atomic E-state index is 0.273. The summed E-state index contributed by atoms with van der Waals surface area (Å²) in [6, 6.07) is 14.9. The fraction of sp³-hybridized carbons (Fsp3) is 0.167. The molecule has 0 spiro atoms. The number of anilines is 2. The second-order valence-electron chi connectivity index (χ2n) is 5.58. The number of nitrogens with one attached hydrogen (secondary N) is 1. The second-order valence-corrected chi connectivity index (χ2v) is 5.58. The Hall–Kier alpha value is -2.46. The highest BCUT2D eigenvalue weighted by Gasteiger charge is 2.04. The maximum absolute atomic E-state index is 13.3. The van der Waals surface area contributed by atoms with Crippen molar-refractivity contribution in [1.82, 2.24) is 9.88 Å². The van der Waals surface area contributed by atoms with Crippen molar-refractivity contribution in [3.63, 3.8) is 0 Å². The Labute approximate surface area is 129 Å². The SMILES string of the molecule is CN(C)Cc1ccc(Nc2ccnc3cc(F)ccc23)cc1. The molecule has 3 rings (SSSR count). The molecule has 0 aliphatic heterocycles. The zero-order valence-electron chi connectivity index (χ0n) is 12.7. The van der Waals surface area contributed by atoms with Gasteiger partial charge >= 0.3 is 0 Å². The molecule has 3 nitrogen and oxygen atoms in total. The number of benzene rings is 2. The predicted molar refractivity (Wildman–Crippen MR) is 88.8 cm³/mol. The fourth-order valence-electron chi connectivity index (χ4n) is 2.44. The molecule has 0 unspecified atom stereocenters. The first-order chi connectivity index (χ1) is 10.6. The van der Waals surface area contributed by atoms with Crippen molar-refractivity contribution in [2.75, 3.05) is 19.4 Å². The number of pyridine rings is 1. The molecule has 2 aromatic carbocycles. The first kappa shape index (κ1) is 14.5. The van der Waals surface area contributed by atoms with Crippen LogP contribution in [0.3, 0.4) is 0 Å². The van der Waals surface area contributed by atoms with Crippen molar-refractivity contribution in [3.8, 4) is 0 Å². The van der Waals surface area contributed by atoms with Gasteiger partial charge in [-0.25, -0.2) is 4.39 Å². The van der Waals surface area contributed by atoms with Gasteiger partial charge < -0.3 is 10.2 Å². The quantitative estimate of drug-likeness (QED) is 0.782. The number of hydrogen-bond acceptors (Lipinski definition) is 3. The van der Waals surface area contributed by atoms with Crippen LogP contribution in [0.4, 0.5) is 15.8 Å². The van der Waals surface area contributed by atoms with Gasteiger partial charge in [-0.1, -0.05) is 12.1 Å². The van der Waals surface area contributed by atoms with Crippen molar-refractivity contribution in [2.24, 2.45) is 0 Å². The fourth-order valence-corrected chi connectivity index (χ4v) is 2.44. The van der Waals surface area contributed by atoms with Crippen molar-refractivity contribution >= 4 is 22.3 Å². The van der Waals surface area contributed by atoms with E-state index in [1.54, 1.807) is 12.3 Å². The van der Waals surface area contributed by atoms with E-state index in [9.17, 15) is 4.39 Å². The molecule has 0 saturated heterocycles. The van der Waals surface area contributed by atoms with Crippen LogP contribution in [-0.4, -0.2) is 24.0 Å². The highest BCUT2D eigenvalue weighted by molar-refractivity contribution is 5.92. The van der Waals surface area contributed by atoms with Crippen LogP contribution in [0, 0.1) is 5.82 Å². The number of rotatable bonds is 4. The highest BCUT2D eigenvalue weighted by atomic mass is 19.1. The van der Waals surface area contributed by atoms with Gasteiger partial charge in [0, 0.05) is 35.6 Å². The van der Waals surface area contributed by atoms with Gasteiger partial charge in [0.1, 0.15) is 5.82 Å². The van der Waals surface area contributed by atoms with E-state index in [2.05, 4.69) is 39.5 Å². The number of hydrogen-bond donors (Lipinski definition) is 1.